The summed E-state index contributed by atoms with van der Waals surface area (Å²) in [5.41, 5.74) is 1.64. The van der Waals surface area contributed by atoms with Gasteiger partial charge in [-0.3, -0.25) is 4.79 Å². The molecule has 1 aromatic heterocycles. The number of carbonyl (C=O) groups is 1. The lowest BCUT2D eigenvalue weighted by atomic mass is 10.2. The lowest BCUT2D eigenvalue weighted by Crippen LogP contribution is -2.48. The monoisotopic (exact) mass is 387 g/mol. The maximum atomic E-state index is 12.7. The number of aromatic nitrogens is 2. The predicted octanol–water partition coefficient (Wildman–Crippen LogP) is 3.33. The third-order valence-corrected chi connectivity index (χ3v) is 5.05. The third-order valence-electron chi connectivity index (χ3n) is 4.81. The van der Waals surface area contributed by atoms with Crippen LogP contribution in [0.4, 0.5) is 11.6 Å². The number of benzene rings is 1. The quantitative estimate of drug-likeness (QED) is 0.761. The van der Waals surface area contributed by atoms with Crippen molar-refractivity contribution in [1.29, 1.82) is 0 Å². The SMILES string of the molecule is CCCCN(C)c1ncc(C(=O)N2CCN(c3cccc(Cl)c3)CC2)cn1. The fraction of sp³-hybridized carbons (Fsp3) is 0.450. The molecule has 1 aliphatic heterocycles. The van der Waals surface area contributed by atoms with Gasteiger partial charge in [0, 0.05) is 62.9 Å². The van der Waals surface area contributed by atoms with Gasteiger partial charge in [-0.15, -0.1) is 0 Å². The summed E-state index contributed by atoms with van der Waals surface area (Å²) in [5, 5.41) is 0.729. The van der Waals surface area contributed by atoms with Crippen molar-refractivity contribution >= 4 is 29.1 Å². The van der Waals surface area contributed by atoms with E-state index in [0.29, 0.717) is 24.6 Å². The Morgan fingerprint density at radius 2 is 1.89 bits per heavy atom. The Balaban J connectivity index is 1.57. The Morgan fingerprint density at radius 3 is 2.52 bits per heavy atom. The Bertz CT molecular complexity index is 759. The summed E-state index contributed by atoms with van der Waals surface area (Å²) in [5.74, 6) is 0.647. The number of anilines is 2. The normalized spacial score (nSPS) is 14.3. The second-order valence-corrected chi connectivity index (χ2v) is 7.24. The zero-order valence-corrected chi connectivity index (χ0v) is 16.7. The molecule has 1 saturated heterocycles. The molecule has 0 atom stereocenters. The molecule has 0 unspecified atom stereocenters. The molecule has 0 radical (unpaired) electrons. The molecule has 0 bridgehead atoms. The second kappa shape index (κ2) is 9.04. The van der Waals surface area contributed by atoms with Crippen molar-refractivity contribution in [2.45, 2.75) is 19.8 Å². The van der Waals surface area contributed by atoms with Crippen LogP contribution in [0.15, 0.2) is 36.7 Å². The van der Waals surface area contributed by atoms with Crippen molar-refractivity contribution in [1.82, 2.24) is 14.9 Å². The standard InChI is InChI=1S/C20H26ClN5O/c1-3-4-8-24(2)20-22-14-16(15-23-20)19(27)26-11-9-25(10-12-26)18-7-5-6-17(21)13-18/h5-7,13-15H,3-4,8-12H2,1-2H3. The fourth-order valence-corrected chi connectivity index (χ4v) is 3.33. The van der Waals surface area contributed by atoms with Crippen LogP contribution in [0.5, 0.6) is 0 Å². The number of halogens is 1. The summed E-state index contributed by atoms with van der Waals surface area (Å²) in [7, 11) is 1.97. The average molecular weight is 388 g/mol. The Kier molecular flexibility index (Phi) is 6.50. The van der Waals surface area contributed by atoms with Gasteiger partial charge in [-0.05, 0) is 24.6 Å². The number of amides is 1. The Labute approximate surface area is 165 Å². The van der Waals surface area contributed by atoms with Crippen LogP contribution in [0, 0.1) is 0 Å². The zero-order chi connectivity index (χ0) is 19.2. The average Bonchev–Trinajstić information content (AvgIpc) is 2.71. The number of nitrogens with zero attached hydrogens (tertiary/aromatic N) is 5. The summed E-state index contributed by atoms with van der Waals surface area (Å²) in [6.07, 6.45) is 5.49. The van der Waals surface area contributed by atoms with E-state index in [1.807, 2.05) is 41.1 Å². The van der Waals surface area contributed by atoms with Crippen molar-refractivity contribution in [3.05, 3.63) is 47.2 Å². The molecule has 1 fully saturated rings. The van der Waals surface area contributed by atoms with E-state index in [1.54, 1.807) is 12.4 Å². The first kappa shape index (κ1) is 19.4. The number of hydrogen-bond acceptors (Lipinski definition) is 5. The highest BCUT2D eigenvalue weighted by molar-refractivity contribution is 6.30. The van der Waals surface area contributed by atoms with Gasteiger partial charge in [-0.1, -0.05) is 31.0 Å². The largest absolute Gasteiger partial charge is 0.368 e. The molecule has 0 N–H and O–H groups in total. The van der Waals surface area contributed by atoms with Gasteiger partial charge in [-0.2, -0.15) is 0 Å². The van der Waals surface area contributed by atoms with Gasteiger partial charge >= 0.3 is 0 Å². The van der Waals surface area contributed by atoms with E-state index in [9.17, 15) is 4.79 Å². The van der Waals surface area contributed by atoms with Crippen LogP contribution in [-0.2, 0) is 0 Å². The van der Waals surface area contributed by atoms with E-state index >= 15 is 0 Å². The third kappa shape index (κ3) is 4.89. The van der Waals surface area contributed by atoms with E-state index in [4.69, 9.17) is 11.6 Å². The lowest BCUT2D eigenvalue weighted by Gasteiger charge is -2.36. The number of unbranched alkanes of at least 4 members (excludes halogenated alkanes) is 1. The fourth-order valence-electron chi connectivity index (χ4n) is 3.15. The number of rotatable bonds is 6. The minimum absolute atomic E-state index is 0.0106. The van der Waals surface area contributed by atoms with Gasteiger partial charge in [0.15, 0.2) is 0 Å². The summed E-state index contributed by atoms with van der Waals surface area (Å²) >= 11 is 6.08. The number of piperazine rings is 1. The lowest BCUT2D eigenvalue weighted by molar-refractivity contribution is 0.0746. The summed E-state index contributed by atoms with van der Waals surface area (Å²) < 4.78 is 0. The minimum Gasteiger partial charge on any atom is -0.368 e. The first-order valence-electron chi connectivity index (χ1n) is 9.41. The molecule has 0 spiro atoms. The molecule has 144 valence electrons. The topological polar surface area (TPSA) is 52.6 Å². The maximum absolute atomic E-state index is 12.7. The van der Waals surface area contributed by atoms with Crippen LogP contribution < -0.4 is 9.80 Å². The summed E-state index contributed by atoms with van der Waals surface area (Å²) in [6, 6.07) is 7.82. The van der Waals surface area contributed by atoms with Gasteiger partial charge in [0.05, 0.1) is 5.56 Å². The molecule has 1 aromatic carbocycles. The van der Waals surface area contributed by atoms with E-state index in [0.717, 1.165) is 43.2 Å². The molecule has 1 amide bonds. The number of carbonyl (C=O) groups excluding carboxylic acids is 1. The van der Waals surface area contributed by atoms with Crippen LogP contribution in [0.1, 0.15) is 30.1 Å². The molecule has 6 nitrogen and oxygen atoms in total. The van der Waals surface area contributed by atoms with Crippen LogP contribution in [0.25, 0.3) is 0 Å². The van der Waals surface area contributed by atoms with Gasteiger partial charge in [0.1, 0.15) is 0 Å². The molecule has 2 aromatic rings. The van der Waals surface area contributed by atoms with Crippen molar-refractivity contribution < 1.29 is 4.79 Å². The molecule has 0 aliphatic carbocycles. The smallest absolute Gasteiger partial charge is 0.257 e. The van der Waals surface area contributed by atoms with E-state index in [1.165, 1.54) is 0 Å². The molecule has 7 heteroatoms. The number of hydrogen-bond donors (Lipinski definition) is 0. The Morgan fingerprint density at radius 1 is 1.19 bits per heavy atom. The van der Waals surface area contributed by atoms with E-state index in [2.05, 4.69) is 21.8 Å². The zero-order valence-electron chi connectivity index (χ0n) is 15.9. The van der Waals surface area contributed by atoms with Gasteiger partial charge in [0.2, 0.25) is 5.95 Å². The molecule has 0 saturated carbocycles. The van der Waals surface area contributed by atoms with Crippen molar-refractivity contribution in [2.24, 2.45) is 0 Å². The highest BCUT2D eigenvalue weighted by Crippen LogP contribution is 2.21. The molecule has 2 heterocycles. The molecule has 1 aliphatic rings. The molecule has 27 heavy (non-hydrogen) atoms. The van der Waals surface area contributed by atoms with Crippen LogP contribution in [0.2, 0.25) is 5.02 Å². The predicted molar refractivity (Wildman–Crippen MR) is 110 cm³/mol. The summed E-state index contributed by atoms with van der Waals surface area (Å²) in [4.78, 5) is 27.6. The van der Waals surface area contributed by atoms with E-state index in [-0.39, 0.29) is 5.91 Å². The minimum atomic E-state index is -0.0106. The second-order valence-electron chi connectivity index (χ2n) is 6.81. The van der Waals surface area contributed by atoms with E-state index < -0.39 is 0 Å². The van der Waals surface area contributed by atoms with Crippen molar-refractivity contribution in [3.8, 4) is 0 Å². The van der Waals surface area contributed by atoms with Crippen LogP contribution in [0.3, 0.4) is 0 Å². The van der Waals surface area contributed by atoms with Crippen molar-refractivity contribution in [3.63, 3.8) is 0 Å². The highest BCUT2D eigenvalue weighted by Gasteiger charge is 2.23. The van der Waals surface area contributed by atoms with Crippen LogP contribution in [-0.4, -0.2) is 60.5 Å². The Hall–Kier alpha value is -2.34. The molecular weight excluding hydrogens is 362 g/mol. The van der Waals surface area contributed by atoms with Gasteiger partial charge in [0.25, 0.3) is 5.91 Å². The van der Waals surface area contributed by atoms with Gasteiger partial charge in [-0.25, -0.2) is 9.97 Å². The maximum Gasteiger partial charge on any atom is 0.257 e. The van der Waals surface area contributed by atoms with Crippen LogP contribution >= 0.6 is 11.6 Å². The highest BCUT2D eigenvalue weighted by atomic mass is 35.5. The molecule has 3 rings (SSSR count). The van der Waals surface area contributed by atoms with Crippen molar-refractivity contribution in [2.75, 3.05) is 49.6 Å². The first-order chi connectivity index (χ1) is 13.1. The first-order valence-corrected chi connectivity index (χ1v) is 9.79. The van der Waals surface area contributed by atoms with Gasteiger partial charge < -0.3 is 14.7 Å². The molecular formula is C20H26ClN5O. The summed E-state index contributed by atoms with van der Waals surface area (Å²) in [6.45, 7) is 5.97.